The number of benzene rings is 1. The van der Waals surface area contributed by atoms with Gasteiger partial charge in [0.15, 0.2) is 0 Å². The van der Waals surface area contributed by atoms with Crippen LogP contribution < -0.4 is 5.32 Å². The molecule has 1 aromatic carbocycles. The minimum atomic E-state index is -1.04. The molecule has 0 aromatic heterocycles. The highest BCUT2D eigenvalue weighted by atomic mass is 35.5. The molecular formula is C15H18ClFN2O3. The van der Waals surface area contributed by atoms with Crippen LogP contribution >= 0.6 is 11.6 Å². The number of carbonyl (C=O) groups is 2. The van der Waals surface area contributed by atoms with E-state index < -0.39 is 11.4 Å². The standard InChI is InChI=1S/C15H18ClFN2O3/c1-18-14(21)15(9-22-2)6-3-7-19(15)13(20)10-4-5-12(17)11(16)8-10/h4-5,8H,3,6-7,9H2,1-2H3,(H,18,21). The summed E-state index contributed by atoms with van der Waals surface area (Å²) in [5.41, 5.74) is -0.792. The summed E-state index contributed by atoms with van der Waals surface area (Å²) >= 11 is 5.74. The molecule has 1 N–H and O–H groups in total. The van der Waals surface area contributed by atoms with E-state index in [-0.39, 0.29) is 29.0 Å². The van der Waals surface area contributed by atoms with E-state index in [1.165, 1.54) is 31.2 Å². The third-order valence-corrected chi connectivity index (χ3v) is 4.22. The summed E-state index contributed by atoms with van der Waals surface area (Å²) in [5, 5.41) is 2.47. The zero-order valence-corrected chi connectivity index (χ0v) is 13.2. The first-order valence-corrected chi connectivity index (χ1v) is 7.32. The summed E-state index contributed by atoms with van der Waals surface area (Å²) in [5.74, 6) is -1.22. The van der Waals surface area contributed by atoms with E-state index in [9.17, 15) is 14.0 Å². The Kier molecular flexibility index (Phi) is 5.03. The Morgan fingerprint density at radius 3 is 2.82 bits per heavy atom. The molecule has 1 atom stereocenters. The Balaban J connectivity index is 2.37. The highest BCUT2D eigenvalue weighted by Crippen LogP contribution is 2.32. The summed E-state index contributed by atoms with van der Waals surface area (Å²) in [7, 11) is 3.01. The number of carbonyl (C=O) groups excluding carboxylic acids is 2. The number of rotatable bonds is 4. The molecule has 1 saturated heterocycles. The van der Waals surface area contributed by atoms with Crippen molar-refractivity contribution in [2.75, 3.05) is 27.3 Å². The monoisotopic (exact) mass is 328 g/mol. The molecule has 1 aromatic rings. The van der Waals surface area contributed by atoms with Gasteiger partial charge in [0.1, 0.15) is 11.4 Å². The van der Waals surface area contributed by atoms with E-state index in [0.29, 0.717) is 19.4 Å². The van der Waals surface area contributed by atoms with Gasteiger partial charge in [0, 0.05) is 26.3 Å². The van der Waals surface area contributed by atoms with Crippen LogP contribution in [0.1, 0.15) is 23.2 Å². The molecular weight excluding hydrogens is 311 g/mol. The third-order valence-electron chi connectivity index (χ3n) is 3.93. The van der Waals surface area contributed by atoms with Crippen molar-refractivity contribution in [3.8, 4) is 0 Å². The molecule has 1 fully saturated rings. The van der Waals surface area contributed by atoms with Crippen LogP contribution in [0.15, 0.2) is 18.2 Å². The minimum absolute atomic E-state index is 0.105. The Hall–Kier alpha value is -1.66. The van der Waals surface area contributed by atoms with Gasteiger partial charge in [-0.25, -0.2) is 4.39 Å². The fourth-order valence-electron chi connectivity index (χ4n) is 2.88. The topological polar surface area (TPSA) is 58.6 Å². The van der Waals surface area contributed by atoms with Crippen molar-refractivity contribution in [3.05, 3.63) is 34.6 Å². The Labute approximate surface area is 133 Å². The average Bonchev–Trinajstić information content (AvgIpc) is 2.93. The van der Waals surface area contributed by atoms with Crippen LogP contribution in [-0.2, 0) is 9.53 Å². The van der Waals surface area contributed by atoms with E-state index in [1.54, 1.807) is 0 Å². The van der Waals surface area contributed by atoms with Crippen molar-refractivity contribution in [2.45, 2.75) is 18.4 Å². The predicted molar refractivity (Wildman–Crippen MR) is 80.4 cm³/mol. The molecule has 0 saturated carbocycles. The number of hydrogen-bond donors (Lipinski definition) is 1. The molecule has 1 heterocycles. The summed E-state index contributed by atoms with van der Waals surface area (Å²) in [6.07, 6.45) is 1.21. The van der Waals surface area contributed by atoms with Crippen LogP contribution in [0.3, 0.4) is 0 Å². The van der Waals surface area contributed by atoms with Gasteiger partial charge in [0.05, 0.1) is 11.6 Å². The number of nitrogens with zero attached hydrogens (tertiary/aromatic N) is 1. The average molecular weight is 329 g/mol. The lowest BCUT2D eigenvalue weighted by Crippen LogP contribution is -2.59. The number of amides is 2. The van der Waals surface area contributed by atoms with Crippen LogP contribution in [0.25, 0.3) is 0 Å². The van der Waals surface area contributed by atoms with Gasteiger partial charge in [0.2, 0.25) is 5.91 Å². The molecule has 2 rings (SSSR count). The first-order chi connectivity index (χ1) is 10.5. The second-order valence-electron chi connectivity index (χ2n) is 5.23. The van der Waals surface area contributed by atoms with Gasteiger partial charge in [0.25, 0.3) is 5.91 Å². The fraction of sp³-hybridized carbons (Fsp3) is 0.467. The quantitative estimate of drug-likeness (QED) is 0.917. The number of methoxy groups -OCH3 is 1. The molecule has 0 radical (unpaired) electrons. The van der Waals surface area contributed by atoms with Crippen molar-refractivity contribution in [1.29, 1.82) is 0 Å². The normalized spacial score (nSPS) is 21.0. The van der Waals surface area contributed by atoms with Gasteiger partial charge in [-0.3, -0.25) is 9.59 Å². The molecule has 7 heteroatoms. The van der Waals surface area contributed by atoms with Crippen LogP contribution in [0.4, 0.5) is 4.39 Å². The van der Waals surface area contributed by atoms with E-state index in [4.69, 9.17) is 16.3 Å². The first kappa shape index (κ1) is 16.7. The highest BCUT2D eigenvalue weighted by Gasteiger charge is 2.49. The second-order valence-corrected chi connectivity index (χ2v) is 5.64. The lowest BCUT2D eigenvalue weighted by molar-refractivity contribution is -0.133. The summed E-state index contributed by atoms with van der Waals surface area (Å²) in [4.78, 5) is 26.5. The maximum absolute atomic E-state index is 13.3. The van der Waals surface area contributed by atoms with Crippen molar-refractivity contribution >= 4 is 23.4 Å². The third kappa shape index (κ3) is 2.80. The lowest BCUT2D eigenvalue weighted by atomic mass is 9.95. The SMILES string of the molecule is CNC(=O)C1(COC)CCCN1C(=O)c1ccc(F)c(Cl)c1. The van der Waals surface area contributed by atoms with E-state index >= 15 is 0 Å². The number of hydrogen-bond acceptors (Lipinski definition) is 3. The van der Waals surface area contributed by atoms with Gasteiger partial charge in [-0.1, -0.05) is 11.6 Å². The maximum atomic E-state index is 13.3. The lowest BCUT2D eigenvalue weighted by Gasteiger charge is -2.36. The molecule has 0 bridgehead atoms. The van der Waals surface area contributed by atoms with Crippen LogP contribution in [0.2, 0.25) is 5.02 Å². The summed E-state index contributed by atoms with van der Waals surface area (Å²) < 4.78 is 18.4. The molecule has 22 heavy (non-hydrogen) atoms. The Bertz CT molecular complexity index is 596. The maximum Gasteiger partial charge on any atom is 0.254 e. The Morgan fingerprint density at radius 1 is 1.50 bits per heavy atom. The molecule has 1 aliphatic rings. The van der Waals surface area contributed by atoms with Crippen molar-refractivity contribution < 1.29 is 18.7 Å². The number of likely N-dealkylation sites (tertiary alicyclic amines) is 1. The van der Waals surface area contributed by atoms with Gasteiger partial charge in [-0.15, -0.1) is 0 Å². The van der Waals surface area contributed by atoms with E-state index in [0.717, 1.165) is 6.07 Å². The molecule has 5 nitrogen and oxygen atoms in total. The van der Waals surface area contributed by atoms with Crippen LogP contribution in [0, 0.1) is 5.82 Å². The zero-order valence-electron chi connectivity index (χ0n) is 12.5. The van der Waals surface area contributed by atoms with Crippen LogP contribution in [0.5, 0.6) is 0 Å². The van der Waals surface area contributed by atoms with Gasteiger partial charge in [-0.05, 0) is 31.0 Å². The molecule has 1 aliphatic heterocycles. The van der Waals surface area contributed by atoms with Crippen molar-refractivity contribution in [2.24, 2.45) is 0 Å². The van der Waals surface area contributed by atoms with Gasteiger partial charge >= 0.3 is 0 Å². The van der Waals surface area contributed by atoms with Gasteiger partial charge in [-0.2, -0.15) is 0 Å². The van der Waals surface area contributed by atoms with E-state index in [1.807, 2.05) is 0 Å². The molecule has 120 valence electrons. The van der Waals surface area contributed by atoms with E-state index in [2.05, 4.69) is 5.32 Å². The molecule has 0 aliphatic carbocycles. The number of ether oxygens (including phenoxy) is 1. The zero-order chi connectivity index (χ0) is 16.3. The summed E-state index contributed by atoms with van der Waals surface area (Å²) in [6.45, 7) is 0.540. The van der Waals surface area contributed by atoms with Crippen molar-refractivity contribution in [3.63, 3.8) is 0 Å². The first-order valence-electron chi connectivity index (χ1n) is 6.94. The molecule has 2 amide bonds. The van der Waals surface area contributed by atoms with Crippen molar-refractivity contribution in [1.82, 2.24) is 10.2 Å². The number of halogens is 2. The second kappa shape index (κ2) is 6.62. The fourth-order valence-corrected chi connectivity index (χ4v) is 3.06. The summed E-state index contributed by atoms with van der Waals surface area (Å²) in [6, 6.07) is 3.78. The molecule has 0 spiro atoms. The smallest absolute Gasteiger partial charge is 0.254 e. The predicted octanol–water partition coefficient (Wildman–Crippen LogP) is 1.85. The highest BCUT2D eigenvalue weighted by molar-refractivity contribution is 6.31. The Morgan fingerprint density at radius 2 is 2.23 bits per heavy atom. The van der Waals surface area contributed by atoms with Gasteiger partial charge < -0.3 is 15.0 Å². The largest absolute Gasteiger partial charge is 0.382 e. The minimum Gasteiger partial charge on any atom is -0.382 e. The van der Waals surface area contributed by atoms with Crippen LogP contribution in [-0.4, -0.2) is 49.6 Å². The number of nitrogens with one attached hydrogen (secondary N) is 1. The number of likely N-dealkylation sites (N-methyl/N-ethyl adjacent to an activating group) is 1. The molecule has 1 unspecified atom stereocenters.